The van der Waals surface area contributed by atoms with Crippen molar-refractivity contribution in [3.63, 3.8) is 0 Å². The van der Waals surface area contributed by atoms with Crippen molar-refractivity contribution in [3.8, 4) is 5.75 Å². The second-order valence-electron chi connectivity index (χ2n) is 6.43. The number of benzene rings is 1. The average Bonchev–Trinajstić information content (AvgIpc) is 2.60. The van der Waals surface area contributed by atoms with Crippen LogP contribution in [0.25, 0.3) is 0 Å². The van der Waals surface area contributed by atoms with Crippen LogP contribution in [0.2, 0.25) is 0 Å². The summed E-state index contributed by atoms with van der Waals surface area (Å²) in [6.45, 7) is 4.54. The van der Waals surface area contributed by atoms with Crippen molar-refractivity contribution in [3.05, 3.63) is 29.8 Å². The Morgan fingerprint density at radius 1 is 0.840 bits per heavy atom. The highest BCUT2D eigenvalue weighted by Crippen LogP contribution is 2.17. The third-order valence-electron chi connectivity index (χ3n) is 4.11. The molecule has 0 aliphatic heterocycles. The second kappa shape index (κ2) is 13.5. The first-order valence-corrected chi connectivity index (χ1v) is 9.55. The minimum atomic E-state index is -0.404. The first kappa shape index (κ1) is 21.2. The smallest absolute Gasteiger partial charge is 0.311 e. The molecular weight excluding hydrogens is 316 g/mol. The molecule has 0 N–H and O–H groups in total. The maximum atomic E-state index is 11.8. The Hall–Kier alpha value is -1.84. The minimum Gasteiger partial charge on any atom is -0.466 e. The van der Waals surface area contributed by atoms with Gasteiger partial charge >= 0.3 is 11.9 Å². The second-order valence-corrected chi connectivity index (χ2v) is 6.43. The fraction of sp³-hybridized carbons (Fsp3) is 0.619. The van der Waals surface area contributed by atoms with Crippen LogP contribution in [0.1, 0.15) is 76.7 Å². The van der Waals surface area contributed by atoms with Crippen molar-refractivity contribution in [1.29, 1.82) is 0 Å². The lowest BCUT2D eigenvalue weighted by atomic mass is 10.1. The van der Waals surface area contributed by atoms with Gasteiger partial charge in [0.25, 0.3) is 0 Å². The number of carbonyl (C=O) groups excluding carboxylic acids is 2. The molecule has 0 saturated heterocycles. The van der Waals surface area contributed by atoms with E-state index in [1.165, 1.54) is 38.5 Å². The van der Waals surface area contributed by atoms with Gasteiger partial charge in [0, 0.05) is 0 Å². The van der Waals surface area contributed by atoms with E-state index in [4.69, 9.17) is 9.47 Å². The summed E-state index contributed by atoms with van der Waals surface area (Å²) in [5, 5.41) is 0. The summed E-state index contributed by atoms with van der Waals surface area (Å²) in [6, 6.07) is 7.32. The van der Waals surface area contributed by atoms with Crippen LogP contribution in [0.3, 0.4) is 0 Å². The molecule has 0 bridgehead atoms. The van der Waals surface area contributed by atoms with E-state index in [0.717, 1.165) is 18.4 Å². The summed E-state index contributed by atoms with van der Waals surface area (Å²) >= 11 is 0. The molecule has 4 heteroatoms. The zero-order valence-corrected chi connectivity index (χ0v) is 15.7. The van der Waals surface area contributed by atoms with Gasteiger partial charge in [0.15, 0.2) is 0 Å². The van der Waals surface area contributed by atoms with Crippen molar-refractivity contribution < 1.29 is 19.1 Å². The lowest BCUT2D eigenvalue weighted by Crippen LogP contribution is -2.13. The molecule has 0 fully saturated rings. The van der Waals surface area contributed by atoms with Crippen molar-refractivity contribution in [2.24, 2.45) is 0 Å². The topological polar surface area (TPSA) is 52.6 Å². The third kappa shape index (κ3) is 10.6. The molecule has 0 aliphatic rings. The lowest BCUT2D eigenvalue weighted by molar-refractivity contribution is -0.147. The van der Waals surface area contributed by atoms with E-state index in [9.17, 15) is 9.59 Å². The molecule has 0 atom stereocenters. The molecule has 0 aromatic heterocycles. The molecule has 1 aromatic carbocycles. The van der Waals surface area contributed by atoms with Crippen LogP contribution in [0.4, 0.5) is 0 Å². The van der Waals surface area contributed by atoms with Gasteiger partial charge in [0.1, 0.15) is 5.75 Å². The number of esters is 2. The normalized spacial score (nSPS) is 10.5. The Morgan fingerprint density at radius 2 is 1.44 bits per heavy atom. The van der Waals surface area contributed by atoms with Gasteiger partial charge in [-0.25, -0.2) is 0 Å². The molecule has 0 radical (unpaired) electrons. The Labute approximate surface area is 151 Å². The number of para-hydroxylation sites is 1. The molecule has 0 unspecified atom stereocenters. The van der Waals surface area contributed by atoms with Crippen molar-refractivity contribution in [2.45, 2.75) is 78.1 Å². The molecule has 1 rings (SSSR count). The van der Waals surface area contributed by atoms with Crippen LogP contribution in [0.5, 0.6) is 5.75 Å². The van der Waals surface area contributed by atoms with Crippen molar-refractivity contribution >= 4 is 11.9 Å². The minimum absolute atomic E-state index is 0.0462. The van der Waals surface area contributed by atoms with Crippen LogP contribution in [0, 0.1) is 6.92 Å². The fourth-order valence-electron chi connectivity index (χ4n) is 2.54. The molecule has 4 nitrogen and oxygen atoms in total. The number of hydrogen-bond donors (Lipinski definition) is 0. The van der Waals surface area contributed by atoms with Gasteiger partial charge in [-0.3, -0.25) is 9.59 Å². The molecular formula is C21H32O4. The van der Waals surface area contributed by atoms with Crippen LogP contribution in [-0.2, 0) is 14.3 Å². The molecule has 0 amide bonds. The van der Waals surface area contributed by atoms with E-state index in [-0.39, 0.29) is 18.8 Å². The Balaban J connectivity index is 2.01. The van der Waals surface area contributed by atoms with E-state index in [1.54, 1.807) is 6.07 Å². The summed E-state index contributed by atoms with van der Waals surface area (Å²) in [5.41, 5.74) is 0.896. The summed E-state index contributed by atoms with van der Waals surface area (Å²) in [5.74, 6) is -0.192. The number of aryl methyl sites for hydroxylation is 1. The summed E-state index contributed by atoms with van der Waals surface area (Å²) in [7, 11) is 0. The largest absolute Gasteiger partial charge is 0.466 e. The number of ether oxygens (including phenoxy) is 2. The monoisotopic (exact) mass is 348 g/mol. The van der Waals surface area contributed by atoms with Gasteiger partial charge < -0.3 is 9.47 Å². The molecule has 140 valence electrons. The van der Waals surface area contributed by atoms with Gasteiger partial charge in [-0.05, 0) is 25.0 Å². The first-order valence-electron chi connectivity index (χ1n) is 9.55. The standard InChI is InChI=1S/C21H32O4/c1-3-4-5-6-7-8-9-12-17-24-20(22)15-16-21(23)25-19-14-11-10-13-18(19)2/h10-11,13-14H,3-9,12,15-17H2,1-2H3. The zero-order chi connectivity index (χ0) is 18.3. The maximum absolute atomic E-state index is 11.8. The average molecular weight is 348 g/mol. The number of carbonyl (C=O) groups is 2. The quantitative estimate of drug-likeness (QED) is 0.273. The predicted molar refractivity (Wildman–Crippen MR) is 99.6 cm³/mol. The van der Waals surface area contributed by atoms with E-state index in [0.29, 0.717) is 12.4 Å². The third-order valence-corrected chi connectivity index (χ3v) is 4.11. The fourth-order valence-corrected chi connectivity index (χ4v) is 2.54. The van der Waals surface area contributed by atoms with Crippen LogP contribution in [-0.4, -0.2) is 18.5 Å². The number of unbranched alkanes of at least 4 members (excludes halogenated alkanes) is 7. The van der Waals surface area contributed by atoms with Gasteiger partial charge in [-0.1, -0.05) is 70.1 Å². The molecule has 1 aromatic rings. The van der Waals surface area contributed by atoms with Crippen LogP contribution >= 0.6 is 0 Å². The summed E-state index contributed by atoms with van der Waals surface area (Å²) in [4.78, 5) is 23.4. The van der Waals surface area contributed by atoms with Gasteiger partial charge in [0.05, 0.1) is 19.4 Å². The van der Waals surface area contributed by atoms with E-state index in [2.05, 4.69) is 6.92 Å². The predicted octanol–water partition coefficient (Wildman–Crippen LogP) is 5.36. The number of rotatable bonds is 13. The van der Waals surface area contributed by atoms with Crippen LogP contribution < -0.4 is 4.74 Å². The Morgan fingerprint density at radius 3 is 2.12 bits per heavy atom. The van der Waals surface area contributed by atoms with Crippen molar-refractivity contribution in [2.75, 3.05) is 6.61 Å². The van der Waals surface area contributed by atoms with E-state index < -0.39 is 5.97 Å². The van der Waals surface area contributed by atoms with E-state index in [1.807, 2.05) is 25.1 Å². The first-order chi connectivity index (χ1) is 12.1. The Bertz CT molecular complexity index is 510. The highest BCUT2D eigenvalue weighted by atomic mass is 16.5. The van der Waals surface area contributed by atoms with Gasteiger partial charge in [0.2, 0.25) is 0 Å². The maximum Gasteiger partial charge on any atom is 0.311 e. The Kier molecular flexibility index (Phi) is 11.4. The molecule has 0 saturated carbocycles. The molecule has 0 aliphatic carbocycles. The van der Waals surface area contributed by atoms with Crippen LogP contribution in [0.15, 0.2) is 24.3 Å². The molecule has 0 spiro atoms. The highest BCUT2D eigenvalue weighted by Gasteiger charge is 2.11. The van der Waals surface area contributed by atoms with E-state index >= 15 is 0 Å². The summed E-state index contributed by atoms with van der Waals surface area (Å²) < 4.78 is 10.4. The molecule has 0 heterocycles. The number of hydrogen-bond acceptors (Lipinski definition) is 4. The highest BCUT2D eigenvalue weighted by molar-refractivity contribution is 5.79. The molecule has 25 heavy (non-hydrogen) atoms. The van der Waals surface area contributed by atoms with Crippen molar-refractivity contribution in [1.82, 2.24) is 0 Å². The van der Waals surface area contributed by atoms with Gasteiger partial charge in [-0.2, -0.15) is 0 Å². The lowest BCUT2D eigenvalue weighted by Gasteiger charge is -2.07. The SMILES string of the molecule is CCCCCCCCCCOC(=O)CCC(=O)Oc1ccccc1C. The van der Waals surface area contributed by atoms with Gasteiger partial charge in [-0.15, -0.1) is 0 Å². The zero-order valence-electron chi connectivity index (χ0n) is 15.7. The summed E-state index contributed by atoms with van der Waals surface area (Å²) in [6.07, 6.45) is 9.79.